The Balaban J connectivity index is 1.75. The Labute approximate surface area is 179 Å². The smallest absolute Gasteiger partial charge is 0.254 e. The molecule has 1 amide bonds. The molecule has 0 radical (unpaired) electrons. The average molecular weight is 431 g/mol. The number of sulfonamides is 1. The molecule has 1 fully saturated rings. The number of amides is 1. The number of hydrogen-bond donors (Lipinski definition) is 0. The van der Waals surface area contributed by atoms with E-state index in [1.165, 1.54) is 12.1 Å². The summed E-state index contributed by atoms with van der Waals surface area (Å²) in [4.78, 5) is 15.0. The second kappa shape index (κ2) is 10.2. The van der Waals surface area contributed by atoms with Crippen molar-refractivity contribution >= 4 is 15.9 Å². The summed E-state index contributed by atoms with van der Waals surface area (Å²) in [5, 5.41) is 0. The quantitative estimate of drug-likeness (QED) is 0.644. The van der Waals surface area contributed by atoms with E-state index in [0.717, 1.165) is 18.4 Å². The summed E-state index contributed by atoms with van der Waals surface area (Å²) in [6, 6.07) is 16.1. The summed E-state index contributed by atoms with van der Waals surface area (Å²) in [5.41, 5.74) is 1.49. The Bertz CT molecular complexity index is 921. The van der Waals surface area contributed by atoms with Crippen LogP contribution >= 0.6 is 0 Å². The number of benzene rings is 2. The van der Waals surface area contributed by atoms with Crippen LogP contribution in [0.2, 0.25) is 0 Å². The highest BCUT2D eigenvalue weighted by Crippen LogP contribution is 2.24. The van der Waals surface area contributed by atoms with E-state index in [4.69, 9.17) is 4.74 Å². The van der Waals surface area contributed by atoms with Crippen molar-refractivity contribution in [1.29, 1.82) is 0 Å². The van der Waals surface area contributed by atoms with E-state index in [1.807, 2.05) is 30.3 Å². The number of piperidine rings is 1. The zero-order valence-corrected chi connectivity index (χ0v) is 18.5. The van der Waals surface area contributed by atoms with Crippen molar-refractivity contribution in [3.05, 3.63) is 65.7 Å². The highest BCUT2D eigenvalue weighted by molar-refractivity contribution is 7.89. The average Bonchev–Trinajstić information content (AvgIpc) is 2.77. The molecule has 2 aromatic rings. The van der Waals surface area contributed by atoms with Crippen LogP contribution in [-0.4, -0.2) is 56.9 Å². The fraction of sp³-hybridized carbons (Fsp3) is 0.435. The lowest BCUT2D eigenvalue weighted by molar-refractivity contribution is 0.0680. The monoisotopic (exact) mass is 430 g/mol. The van der Waals surface area contributed by atoms with Gasteiger partial charge in [0.25, 0.3) is 5.91 Å². The van der Waals surface area contributed by atoms with Crippen LogP contribution in [0.1, 0.15) is 35.7 Å². The van der Waals surface area contributed by atoms with Crippen LogP contribution in [0.15, 0.2) is 59.5 Å². The maximum absolute atomic E-state index is 13.1. The highest BCUT2D eigenvalue weighted by Gasteiger charge is 2.28. The van der Waals surface area contributed by atoms with Crippen LogP contribution in [0.5, 0.6) is 0 Å². The largest absolute Gasteiger partial charge is 0.383 e. The van der Waals surface area contributed by atoms with E-state index >= 15 is 0 Å². The van der Waals surface area contributed by atoms with Gasteiger partial charge in [-0.1, -0.05) is 37.3 Å². The van der Waals surface area contributed by atoms with Crippen molar-refractivity contribution < 1.29 is 17.9 Å². The van der Waals surface area contributed by atoms with Gasteiger partial charge in [0.1, 0.15) is 0 Å². The molecule has 0 bridgehead atoms. The van der Waals surface area contributed by atoms with Crippen molar-refractivity contribution in [1.82, 2.24) is 9.21 Å². The predicted molar refractivity (Wildman–Crippen MR) is 117 cm³/mol. The number of methoxy groups -OCH3 is 1. The standard InChI is InChI=1S/C23H30N2O4S/c1-19-12-14-25(15-13-19)30(27,28)22-10-8-21(9-11-22)23(26)24(16-17-29-2)18-20-6-4-3-5-7-20/h3-11,19H,12-18H2,1-2H3. The molecule has 1 saturated heterocycles. The van der Waals surface area contributed by atoms with Crippen molar-refractivity contribution in [3.63, 3.8) is 0 Å². The summed E-state index contributed by atoms with van der Waals surface area (Å²) < 4.78 is 32.5. The van der Waals surface area contributed by atoms with E-state index in [-0.39, 0.29) is 10.8 Å². The van der Waals surface area contributed by atoms with E-state index in [9.17, 15) is 13.2 Å². The molecule has 3 rings (SSSR count). The van der Waals surface area contributed by atoms with E-state index in [0.29, 0.717) is 44.3 Å². The number of rotatable bonds is 8. The molecule has 162 valence electrons. The molecule has 0 saturated carbocycles. The van der Waals surface area contributed by atoms with Crippen molar-refractivity contribution in [3.8, 4) is 0 Å². The maximum atomic E-state index is 13.1. The van der Waals surface area contributed by atoms with Gasteiger partial charge in [0, 0.05) is 38.9 Å². The number of carbonyl (C=O) groups excluding carboxylic acids is 1. The number of ether oxygens (including phenoxy) is 1. The second-order valence-corrected chi connectivity index (χ2v) is 9.75. The van der Waals surface area contributed by atoms with Gasteiger partial charge in [-0.05, 0) is 48.6 Å². The Morgan fingerprint density at radius 3 is 2.30 bits per heavy atom. The summed E-state index contributed by atoms with van der Waals surface area (Å²) >= 11 is 0. The topological polar surface area (TPSA) is 66.9 Å². The molecule has 1 heterocycles. The van der Waals surface area contributed by atoms with E-state index in [1.54, 1.807) is 28.4 Å². The second-order valence-electron chi connectivity index (χ2n) is 7.82. The van der Waals surface area contributed by atoms with Crippen LogP contribution in [-0.2, 0) is 21.3 Å². The molecule has 1 aliphatic rings. The minimum atomic E-state index is -3.52. The number of hydrogen-bond acceptors (Lipinski definition) is 4. The SMILES string of the molecule is COCCN(Cc1ccccc1)C(=O)c1ccc(S(=O)(=O)N2CCC(C)CC2)cc1. The van der Waals surface area contributed by atoms with Gasteiger partial charge >= 0.3 is 0 Å². The third-order valence-corrected chi connectivity index (χ3v) is 7.46. The zero-order chi connectivity index (χ0) is 21.6. The molecule has 0 unspecified atom stereocenters. The summed E-state index contributed by atoms with van der Waals surface area (Å²) in [7, 11) is -1.92. The van der Waals surface area contributed by atoms with E-state index in [2.05, 4.69) is 6.92 Å². The van der Waals surface area contributed by atoms with Gasteiger partial charge in [-0.15, -0.1) is 0 Å². The first-order valence-electron chi connectivity index (χ1n) is 10.3. The van der Waals surface area contributed by atoms with Crippen LogP contribution < -0.4 is 0 Å². The molecule has 0 aromatic heterocycles. The molecule has 2 aromatic carbocycles. The summed E-state index contributed by atoms with van der Waals surface area (Å²) in [5.74, 6) is 0.408. The molecule has 0 N–H and O–H groups in total. The molecule has 0 spiro atoms. The molecule has 6 nitrogen and oxygen atoms in total. The lowest BCUT2D eigenvalue weighted by Gasteiger charge is -2.29. The Morgan fingerprint density at radius 1 is 1.07 bits per heavy atom. The van der Waals surface area contributed by atoms with Crippen molar-refractivity contribution in [2.75, 3.05) is 33.4 Å². The van der Waals surface area contributed by atoms with Gasteiger partial charge in [-0.25, -0.2) is 8.42 Å². The van der Waals surface area contributed by atoms with Gasteiger partial charge in [0.2, 0.25) is 10.0 Å². The molecule has 1 aliphatic heterocycles. The summed E-state index contributed by atoms with van der Waals surface area (Å²) in [6.07, 6.45) is 1.76. The van der Waals surface area contributed by atoms with Gasteiger partial charge in [-0.3, -0.25) is 4.79 Å². The Morgan fingerprint density at radius 2 is 1.70 bits per heavy atom. The van der Waals surface area contributed by atoms with E-state index < -0.39 is 10.0 Å². The van der Waals surface area contributed by atoms with Crippen LogP contribution in [0.3, 0.4) is 0 Å². The lowest BCUT2D eigenvalue weighted by atomic mass is 10.0. The molecule has 7 heteroatoms. The molecule has 0 aliphatic carbocycles. The van der Waals surface area contributed by atoms with Crippen molar-refractivity contribution in [2.45, 2.75) is 31.2 Å². The Kier molecular flexibility index (Phi) is 7.64. The normalized spacial score (nSPS) is 15.8. The fourth-order valence-electron chi connectivity index (χ4n) is 3.58. The molecular weight excluding hydrogens is 400 g/mol. The minimum absolute atomic E-state index is 0.147. The minimum Gasteiger partial charge on any atom is -0.383 e. The first kappa shape index (κ1) is 22.5. The third-order valence-electron chi connectivity index (χ3n) is 5.55. The fourth-order valence-corrected chi connectivity index (χ4v) is 5.05. The zero-order valence-electron chi connectivity index (χ0n) is 17.7. The number of carbonyl (C=O) groups is 1. The van der Waals surface area contributed by atoms with Gasteiger partial charge in [0.15, 0.2) is 0 Å². The predicted octanol–water partition coefficient (Wildman–Crippen LogP) is 3.40. The third kappa shape index (κ3) is 5.47. The number of nitrogens with zero attached hydrogens (tertiary/aromatic N) is 2. The molecule has 30 heavy (non-hydrogen) atoms. The first-order chi connectivity index (χ1) is 14.4. The van der Waals surface area contributed by atoms with Gasteiger partial charge in [0.05, 0.1) is 11.5 Å². The van der Waals surface area contributed by atoms with Crippen molar-refractivity contribution in [2.24, 2.45) is 5.92 Å². The van der Waals surface area contributed by atoms with Crippen LogP contribution in [0, 0.1) is 5.92 Å². The molecule has 0 atom stereocenters. The van der Waals surface area contributed by atoms with Crippen LogP contribution in [0.4, 0.5) is 0 Å². The van der Waals surface area contributed by atoms with Gasteiger partial charge < -0.3 is 9.64 Å². The van der Waals surface area contributed by atoms with Crippen LogP contribution in [0.25, 0.3) is 0 Å². The maximum Gasteiger partial charge on any atom is 0.254 e. The summed E-state index contributed by atoms with van der Waals surface area (Å²) in [6.45, 7) is 4.59. The molecular formula is C23H30N2O4S. The van der Waals surface area contributed by atoms with Gasteiger partial charge in [-0.2, -0.15) is 4.31 Å². The highest BCUT2D eigenvalue weighted by atomic mass is 32.2. The first-order valence-corrected chi connectivity index (χ1v) is 11.8. The lowest BCUT2D eigenvalue weighted by Crippen LogP contribution is -2.38. The Hall–Kier alpha value is -2.22.